The second-order valence-electron chi connectivity index (χ2n) is 10.5. The van der Waals surface area contributed by atoms with Crippen molar-refractivity contribution in [3.8, 4) is 0 Å². The Labute approximate surface area is 224 Å². The SMILES string of the molecule is CC(C)c1ccc(N(C(=O)c2ccco2)[C@H](C(=O)NC2CCCC2)c2ccc(N3CCOCC3)cc2)cc1. The van der Waals surface area contributed by atoms with Gasteiger partial charge in [-0.25, -0.2) is 0 Å². The first-order valence-electron chi connectivity index (χ1n) is 13.7. The quantitative estimate of drug-likeness (QED) is 0.417. The summed E-state index contributed by atoms with van der Waals surface area (Å²) < 4.78 is 11.0. The number of nitrogens with zero attached hydrogens (tertiary/aromatic N) is 2. The summed E-state index contributed by atoms with van der Waals surface area (Å²) in [5.41, 5.74) is 3.66. The Bertz CT molecular complexity index is 1190. The summed E-state index contributed by atoms with van der Waals surface area (Å²) in [6, 6.07) is 18.5. The third-order valence-corrected chi connectivity index (χ3v) is 7.58. The van der Waals surface area contributed by atoms with Crippen LogP contribution in [0.15, 0.2) is 71.3 Å². The molecule has 2 amide bonds. The monoisotopic (exact) mass is 515 g/mol. The van der Waals surface area contributed by atoms with Gasteiger partial charge in [0.05, 0.1) is 19.5 Å². The lowest BCUT2D eigenvalue weighted by atomic mass is 9.99. The molecular weight excluding hydrogens is 478 g/mol. The third-order valence-electron chi connectivity index (χ3n) is 7.58. The number of anilines is 2. The Morgan fingerprint density at radius 1 is 0.921 bits per heavy atom. The molecule has 1 N–H and O–H groups in total. The van der Waals surface area contributed by atoms with Gasteiger partial charge in [-0.3, -0.25) is 14.5 Å². The lowest BCUT2D eigenvalue weighted by Gasteiger charge is -2.33. The maximum absolute atomic E-state index is 14.0. The zero-order chi connectivity index (χ0) is 26.5. The fourth-order valence-electron chi connectivity index (χ4n) is 5.38. The molecular formula is C31H37N3O4. The number of morpholine rings is 1. The van der Waals surface area contributed by atoms with E-state index in [-0.39, 0.29) is 23.6 Å². The molecule has 3 aromatic rings. The van der Waals surface area contributed by atoms with Crippen LogP contribution in [0.5, 0.6) is 0 Å². The highest BCUT2D eigenvalue weighted by atomic mass is 16.5. The molecule has 1 aromatic heterocycles. The van der Waals surface area contributed by atoms with E-state index in [4.69, 9.17) is 9.15 Å². The highest BCUT2D eigenvalue weighted by Gasteiger charge is 2.36. The van der Waals surface area contributed by atoms with Gasteiger partial charge in [-0.2, -0.15) is 0 Å². The molecule has 0 spiro atoms. The van der Waals surface area contributed by atoms with Crippen LogP contribution in [0.1, 0.15) is 73.2 Å². The van der Waals surface area contributed by atoms with Crippen molar-refractivity contribution in [2.24, 2.45) is 0 Å². The average molecular weight is 516 g/mol. The molecule has 1 aliphatic carbocycles. The first-order chi connectivity index (χ1) is 18.5. The van der Waals surface area contributed by atoms with Crippen molar-refractivity contribution in [3.63, 3.8) is 0 Å². The number of benzene rings is 2. The summed E-state index contributed by atoms with van der Waals surface area (Å²) in [4.78, 5) is 31.8. The summed E-state index contributed by atoms with van der Waals surface area (Å²) in [7, 11) is 0. The van der Waals surface area contributed by atoms with Crippen LogP contribution in [0, 0.1) is 0 Å². The lowest BCUT2D eigenvalue weighted by molar-refractivity contribution is -0.123. The van der Waals surface area contributed by atoms with E-state index >= 15 is 0 Å². The molecule has 0 bridgehead atoms. The number of amides is 2. The minimum Gasteiger partial charge on any atom is -0.459 e. The van der Waals surface area contributed by atoms with Crippen LogP contribution < -0.4 is 15.1 Å². The highest BCUT2D eigenvalue weighted by molar-refractivity contribution is 6.08. The van der Waals surface area contributed by atoms with E-state index in [1.54, 1.807) is 17.0 Å². The van der Waals surface area contributed by atoms with E-state index < -0.39 is 6.04 Å². The smallest absolute Gasteiger partial charge is 0.294 e. The fraction of sp³-hybridized carbons (Fsp3) is 0.419. The van der Waals surface area contributed by atoms with E-state index in [1.807, 2.05) is 48.5 Å². The average Bonchev–Trinajstić information content (AvgIpc) is 3.67. The Balaban J connectivity index is 1.55. The number of hydrogen-bond acceptors (Lipinski definition) is 5. The minimum atomic E-state index is -0.850. The molecule has 1 saturated carbocycles. The number of carbonyl (C=O) groups excluding carboxylic acids is 2. The molecule has 5 rings (SSSR count). The van der Waals surface area contributed by atoms with Gasteiger partial charge in [0.2, 0.25) is 5.91 Å². The summed E-state index contributed by atoms with van der Waals surface area (Å²) in [6.45, 7) is 7.33. The van der Waals surface area contributed by atoms with Gasteiger partial charge in [0.25, 0.3) is 5.91 Å². The topological polar surface area (TPSA) is 75.0 Å². The maximum Gasteiger partial charge on any atom is 0.294 e. The van der Waals surface area contributed by atoms with Crippen LogP contribution in [0.2, 0.25) is 0 Å². The zero-order valence-electron chi connectivity index (χ0n) is 22.3. The van der Waals surface area contributed by atoms with Gasteiger partial charge in [-0.15, -0.1) is 0 Å². The van der Waals surface area contributed by atoms with Crippen molar-refractivity contribution in [1.29, 1.82) is 0 Å². The standard InChI is InChI=1S/C31H37N3O4/c1-22(2)23-9-15-27(16-10-23)34(31(36)28-8-5-19-38-28)29(30(35)32-25-6-3-4-7-25)24-11-13-26(14-12-24)33-17-20-37-21-18-33/h5,8-16,19,22,25,29H,3-4,6-7,17-18,20-21H2,1-2H3,(H,32,35)/t29-/m0/s1. The Kier molecular flexibility index (Phi) is 8.13. The van der Waals surface area contributed by atoms with Crippen LogP contribution in [0.25, 0.3) is 0 Å². The van der Waals surface area contributed by atoms with Gasteiger partial charge >= 0.3 is 0 Å². The van der Waals surface area contributed by atoms with Crippen LogP contribution in [0.3, 0.4) is 0 Å². The summed E-state index contributed by atoms with van der Waals surface area (Å²) in [6.07, 6.45) is 5.62. The van der Waals surface area contributed by atoms with Crippen molar-refractivity contribution in [2.45, 2.75) is 57.5 Å². The molecule has 2 aliphatic rings. The molecule has 0 unspecified atom stereocenters. The molecule has 7 nitrogen and oxygen atoms in total. The maximum atomic E-state index is 14.0. The highest BCUT2D eigenvalue weighted by Crippen LogP contribution is 2.33. The predicted octanol–water partition coefficient (Wildman–Crippen LogP) is 5.69. The first-order valence-corrected chi connectivity index (χ1v) is 13.7. The molecule has 7 heteroatoms. The first kappa shape index (κ1) is 26.0. The minimum absolute atomic E-state index is 0.126. The van der Waals surface area contributed by atoms with Gasteiger partial charge in [0, 0.05) is 30.5 Å². The number of carbonyl (C=O) groups is 2. The van der Waals surface area contributed by atoms with Crippen LogP contribution in [0.4, 0.5) is 11.4 Å². The van der Waals surface area contributed by atoms with Gasteiger partial charge in [-0.1, -0.05) is 51.0 Å². The number of ether oxygens (including phenoxy) is 1. The van der Waals surface area contributed by atoms with E-state index in [2.05, 4.69) is 24.1 Å². The molecule has 2 aromatic carbocycles. The molecule has 2 heterocycles. The van der Waals surface area contributed by atoms with E-state index in [1.165, 1.54) is 11.8 Å². The summed E-state index contributed by atoms with van der Waals surface area (Å²) in [5.74, 6) is 0.0222. The molecule has 2 fully saturated rings. The second-order valence-corrected chi connectivity index (χ2v) is 10.5. The molecule has 1 aliphatic heterocycles. The number of rotatable bonds is 8. The fourth-order valence-corrected chi connectivity index (χ4v) is 5.38. The van der Waals surface area contributed by atoms with E-state index in [9.17, 15) is 9.59 Å². The Morgan fingerprint density at radius 3 is 2.18 bits per heavy atom. The lowest BCUT2D eigenvalue weighted by Crippen LogP contribution is -2.46. The van der Waals surface area contributed by atoms with E-state index in [0.717, 1.165) is 50.0 Å². The van der Waals surface area contributed by atoms with Gasteiger partial charge < -0.3 is 19.4 Å². The van der Waals surface area contributed by atoms with Crippen LogP contribution >= 0.6 is 0 Å². The molecule has 1 saturated heterocycles. The third kappa shape index (κ3) is 5.78. The normalized spacial score (nSPS) is 17.0. The van der Waals surface area contributed by atoms with Gasteiger partial charge in [0.15, 0.2) is 5.76 Å². The summed E-state index contributed by atoms with van der Waals surface area (Å²) in [5, 5.41) is 3.25. The molecule has 38 heavy (non-hydrogen) atoms. The van der Waals surface area contributed by atoms with Crippen molar-refractivity contribution in [1.82, 2.24) is 5.32 Å². The van der Waals surface area contributed by atoms with Gasteiger partial charge in [0.1, 0.15) is 6.04 Å². The van der Waals surface area contributed by atoms with Crippen molar-refractivity contribution in [2.75, 3.05) is 36.1 Å². The summed E-state index contributed by atoms with van der Waals surface area (Å²) >= 11 is 0. The molecule has 1 atom stereocenters. The van der Waals surface area contributed by atoms with Crippen LogP contribution in [-0.2, 0) is 9.53 Å². The number of nitrogens with one attached hydrogen (secondary N) is 1. The van der Waals surface area contributed by atoms with Crippen molar-refractivity contribution >= 4 is 23.2 Å². The van der Waals surface area contributed by atoms with Gasteiger partial charge in [-0.05, 0) is 66.3 Å². The Hall–Kier alpha value is -3.58. The largest absolute Gasteiger partial charge is 0.459 e. The molecule has 200 valence electrons. The predicted molar refractivity (Wildman–Crippen MR) is 149 cm³/mol. The number of furan rings is 1. The Morgan fingerprint density at radius 2 is 1.58 bits per heavy atom. The number of hydrogen-bond donors (Lipinski definition) is 1. The second kappa shape index (κ2) is 11.9. The zero-order valence-corrected chi connectivity index (χ0v) is 22.3. The van der Waals surface area contributed by atoms with Crippen molar-refractivity contribution < 1.29 is 18.7 Å². The van der Waals surface area contributed by atoms with E-state index in [0.29, 0.717) is 24.8 Å². The van der Waals surface area contributed by atoms with Crippen molar-refractivity contribution in [3.05, 3.63) is 83.8 Å². The van der Waals surface area contributed by atoms with Crippen LogP contribution in [-0.4, -0.2) is 44.2 Å². The molecule has 0 radical (unpaired) electrons.